The van der Waals surface area contributed by atoms with Gasteiger partial charge >= 0.3 is 0 Å². The molecular weight excluding hydrogens is 237 g/mol. The van der Waals surface area contributed by atoms with Crippen LogP contribution in [0, 0.1) is 18.7 Å². The van der Waals surface area contributed by atoms with Gasteiger partial charge in [-0.1, -0.05) is 31.7 Å². The Bertz CT molecular complexity index is 396. The van der Waals surface area contributed by atoms with Crippen molar-refractivity contribution in [3.63, 3.8) is 0 Å². The molecule has 0 bridgehead atoms. The summed E-state index contributed by atoms with van der Waals surface area (Å²) in [5.74, 6) is 0.818. The average Bonchev–Trinajstić information content (AvgIpc) is 2.90. The zero-order valence-electron chi connectivity index (χ0n) is 12.2. The van der Waals surface area contributed by atoms with Crippen LogP contribution in [-0.2, 0) is 6.42 Å². The number of rotatable bonds is 6. The zero-order valence-corrected chi connectivity index (χ0v) is 12.2. The van der Waals surface area contributed by atoms with E-state index in [2.05, 4.69) is 5.32 Å². The summed E-state index contributed by atoms with van der Waals surface area (Å²) in [6.45, 7) is 2.00. The zero-order chi connectivity index (χ0) is 13.7. The molecule has 0 radical (unpaired) electrons. The van der Waals surface area contributed by atoms with E-state index in [0.29, 0.717) is 6.04 Å². The molecule has 1 aromatic rings. The summed E-state index contributed by atoms with van der Waals surface area (Å²) < 4.78 is 13.1. The Morgan fingerprint density at radius 2 is 2.05 bits per heavy atom. The quantitative estimate of drug-likeness (QED) is 0.809. The Labute approximate surface area is 116 Å². The van der Waals surface area contributed by atoms with Crippen molar-refractivity contribution in [3.05, 3.63) is 35.1 Å². The van der Waals surface area contributed by atoms with E-state index in [1.807, 2.05) is 20.0 Å². The smallest absolute Gasteiger partial charge is 0.123 e. The average molecular weight is 263 g/mol. The molecule has 0 aromatic heterocycles. The lowest BCUT2D eigenvalue weighted by molar-refractivity contribution is 0.418. The lowest BCUT2D eigenvalue weighted by atomic mass is 9.94. The van der Waals surface area contributed by atoms with Crippen LogP contribution in [0.3, 0.4) is 0 Å². The van der Waals surface area contributed by atoms with Gasteiger partial charge in [0.1, 0.15) is 5.82 Å². The topological polar surface area (TPSA) is 12.0 Å². The molecule has 1 nitrogen and oxygen atoms in total. The third-order valence-electron chi connectivity index (χ3n) is 4.58. The Morgan fingerprint density at radius 1 is 1.32 bits per heavy atom. The fraction of sp³-hybridized carbons (Fsp3) is 0.647. The van der Waals surface area contributed by atoms with Crippen LogP contribution in [0.1, 0.15) is 49.7 Å². The number of aryl methyl sites for hydroxylation is 1. The van der Waals surface area contributed by atoms with Gasteiger partial charge in [-0.25, -0.2) is 4.39 Å². The first-order valence-electron chi connectivity index (χ1n) is 7.61. The van der Waals surface area contributed by atoms with E-state index in [1.165, 1.54) is 44.1 Å². The van der Waals surface area contributed by atoms with Crippen LogP contribution >= 0.6 is 0 Å². The fourth-order valence-corrected chi connectivity index (χ4v) is 3.24. The molecule has 0 aliphatic heterocycles. The van der Waals surface area contributed by atoms with Gasteiger partial charge in [-0.3, -0.25) is 0 Å². The Balaban J connectivity index is 1.86. The lowest BCUT2D eigenvalue weighted by Gasteiger charge is -2.19. The van der Waals surface area contributed by atoms with Crippen molar-refractivity contribution in [2.45, 2.75) is 57.9 Å². The molecule has 1 atom stereocenters. The molecule has 2 heteroatoms. The molecule has 1 aromatic carbocycles. The highest BCUT2D eigenvalue weighted by Gasteiger charge is 2.17. The summed E-state index contributed by atoms with van der Waals surface area (Å²) in [5, 5.41) is 3.42. The molecule has 1 saturated carbocycles. The fourth-order valence-electron chi connectivity index (χ4n) is 3.24. The van der Waals surface area contributed by atoms with E-state index >= 15 is 0 Å². The highest BCUT2D eigenvalue weighted by molar-refractivity contribution is 5.27. The molecule has 1 N–H and O–H groups in total. The first-order valence-corrected chi connectivity index (χ1v) is 7.61. The van der Waals surface area contributed by atoms with E-state index in [9.17, 15) is 4.39 Å². The second kappa shape index (κ2) is 7.04. The van der Waals surface area contributed by atoms with Gasteiger partial charge in [0.25, 0.3) is 0 Å². The van der Waals surface area contributed by atoms with E-state index in [-0.39, 0.29) is 5.82 Å². The summed E-state index contributed by atoms with van der Waals surface area (Å²) in [6.07, 6.45) is 9.27. The Hall–Kier alpha value is -0.890. The molecule has 0 spiro atoms. The normalized spacial score (nSPS) is 17.8. The van der Waals surface area contributed by atoms with Gasteiger partial charge in [0.05, 0.1) is 0 Å². The number of likely N-dealkylation sites (N-methyl/N-ethyl adjacent to an activating group) is 1. The maximum absolute atomic E-state index is 13.1. The van der Waals surface area contributed by atoms with Crippen molar-refractivity contribution in [2.24, 2.45) is 5.92 Å². The molecule has 0 amide bonds. The van der Waals surface area contributed by atoms with Crippen LogP contribution in [0.25, 0.3) is 0 Å². The predicted molar refractivity (Wildman–Crippen MR) is 78.9 cm³/mol. The monoisotopic (exact) mass is 263 g/mol. The molecule has 1 aliphatic carbocycles. The van der Waals surface area contributed by atoms with Gasteiger partial charge in [-0.15, -0.1) is 0 Å². The minimum Gasteiger partial charge on any atom is -0.317 e. The van der Waals surface area contributed by atoms with Crippen LogP contribution in [-0.4, -0.2) is 13.1 Å². The van der Waals surface area contributed by atoms with Crippen LogP contribution < -0.4 is 5.32 Å². The molecule has 0 heterocycles. The lowest BCUT2D eigenvalue weighted by Crippen LogP contribution is -2.28. The van der Waals surface area contributed by atoms with Crippen molar-refractivity contribution >= 4 is 0 Å². The minimum atomic E-state index is -0.131. The summed E-state index contributed by atoms with van der Waals surface area (Å²) in [4.78, 5) is 0. The van der Waals surface area contributed by atoms with Crippen molar-refractivity contribution in [1.82, 2.24) is 5.32 Å². The molecule has 1 unspecified atom stereocenters. The maximum Gasteiger partial charge on any atom is 0.123 e. The number of hydrogen-bond acceptors (Lipinski definition) is 1. The summed E-state index contributed by atoms with van der Waals surface area (Å²) in [7, 11) is 2.04. The number of nitrogens with one attached hydrogen (secondary N) is 1. The van der Waals surface area contributed by atoms with Crippen LogP contribution in [0.5, 0.6) is 0 Å². The second-order valence-corrected chi connectivity index (χ2v) is 5.99. The maximum atomic E-state index is 13.1. The molecule has 2 rings (SSSR count). The number of hydrogen-bond donors (Lipinski definition) is 1. The highest BCUT2D eigenvalue weighted by Crippen LogP contribution is 2.29. The Morgan fingerprint density at radius 3 is 2.68 bits per heavy atom. The standard InChI is InChI=1S/C17H26FN/c1-13-11-16(18)9-8-15(13)12-17(19-2)10-7-14-5-3-4-6-14/h8-9,11,14,17,19H,3-7,10,12H2,1-2H3. The van der Waals surface area contributed by atoms with Gasteiger partial charge < -0.3 is 5.32 Å². The van der Waals surface area contributed by atoms with Gasteiger partial charge in [-0.2, -0.15) is 0 Å². The highest BCUT2D eigenvalue weighted by atomic mass is 19.1. The molecule has 1 aliphatic rings. The summed E-state index contributed by atoms with van der Waals surface area (Å²) in [5.41, 5.74) is 2.34. The van der Waals surface area contributed by atoms with E-state index in [1.54, 1.807) is 12.1 Å². The van der Waals surface area contributed by atoms with Gasteiger partial charge in [-0.05, 0) is 62.4 Å². The van der Waals surface area contributed by atoms with Gasteiger partial charge in [0.15, 0.2) is 0 Å². The van der Waals surface area contributed by atoms with E-state index in [0.717, 1.165) is 17.9 Å². The third kappa shape index (κ3) is 4.31. The third-order valence-corrected chi connectivity index (χ3v) is 4.58. The first-order chi connectivity index (χ1) is 9.19. The van der Waals surface area contributed by atoms with Crippen molar-refractivity contribution in [3.8, 4) is 0 Å². The minimum absolute atomic E-state index is 0.131. The predicted octanol–water partition coefficient (Wildman–Crippen LogP) is 4.24. The van der Waals surface area contributed by atoms with Gasteiger partial charge in [0.2, 0.25) is 0 Å². The molecule has 1 fully saturated rings. The van der Waals surface area contributed by atoms with Crippen LogP contribution in [0.2, 0.25) is 0 Å². The van der Waals surface area contributed by atoms with Crippen molar-refractivity contribution in [2.75, 3.05) is 7.05 Å². The van der Waals surface area contributed by atoms with Crippen molar-refractivity contribution in [1.29, 1.82) is 0 Å². The number of halogens is 1. The molecule has 0 saturated heterocycles. The number of benzene rings is 1. The Kier molecular flexibility index (Phi) is 5.38. The van der Waals surface area contributed by atoms with Gasteiger partial charge in [0, 0.05) is 6.04 Å². The molecule has 106 valence electrons. The molecule has 19 heavy (non-hydrogen) atoms. The van der Waals surface area contributed by atoms with E-state index in [4.69, 9.17) is 0 Å². The van der Waals surface area contributed by atoms with E-state index < -0.39 is 0 Å². The molecular formula is C17H26FN. The first kappa shape index (κ1) is 14.5. The summed E-state index contributed by atoms with van der Waals surface area (Å²) >= 11 is 0. The largest absolute Gasteiger partial charge is 0.317 e. The van der Waals surface area contributed by atoms with Crippen LogP contribution in [0.4, 0.5) is 4.39 Å². The van der Waals surface area contributed by atoms with Crippen LogP contribution in [0.15, 0.2) is 18.2 Å². The SMILES string of the molecule is CNC(CCC1CCCC1)Cc1ccc(F)cc1C. The van der Waals surface area contributed by atoms with Crippen molar-refractivity contribution < 1.29 is 4.39 Å². The second-order valence-electron chi connectivity index (χ2n) is 5.99. The summed E-state index contributed by atoms with van der Waals surface area (Å²) in [6, 6.07) is 5.67.